The predicted octanol–water partition coefficient (Wildman–Crippen LogP) is 2.66. The fourth-order valence-electron chi connectivity index (χ4n) is 2.64. The molecule has 1 N–H and O–H groups in total. The van der Waals surface area contributed by atoms with E-state index in [9.17, 15) is 9.59 Å². The van der Waals surface area contributed by atoms with Gasteiger partial charge in [-0.3, -0.25) is 9.59 Å². The van der Waals surface area contributed by atoms with E-state index in [0.29, 0.717) is 29.4 Å². The van der Waals surface area contributed by atoms with Crippen LogP contribution in [0.25, 0.3) is 0 Å². The number of nitrogens with one attached hydrogen (secondary N) is 1. The molecule has 8 nitrogen and oxygen atoms in total. The summed E-state index contributed by atoms with van der Waals surface area (Å²) in [5.74, 6) is 1.26. The standard InChI is InChI=1S/C20H25NO7/c1-13(15-6-5-9-27-15)21-18(22)12-28-19(23)8-7-14-10-16(24-2)20(26-4)17(11-14)25-3/h5-6,9-11,13H,7-8,12H2,1-4H3,(H,21,22)/t13-/m0/s1. The Balaban J connectivity index is 1.83. The number of methoxy groups -OCH3 is 3. The van der Waals surface area contributed by atoms with Crippen LogP contribution < -0.4 is 19.5 Å². The van der Waals surface area contributed by atoms with Crippen molar-refractivity contribution in [1.29, 1.82) is 0 Å². The van der Waals surface area contributed by atoms with E-state index in [4.69, 9.17) is 23.4 Å². The van der Waals surface area contributed by atoms with E-state index in [1.807, 2.05) is 0 Å². The molecule has 0 radical (unpaired) electrons. The number of amides is 1. The highest BCUT2D eigenvalue weighted by atomic mass is 16.5. The molecule has 0 saturated carbocycles. The molecule has 1 amide bonds. The molecule has 0 aliphatic heterocycles. The van der Waals surface area contributed by atoms with Crippen molar-refractivity contribution >= 4 is 11.9 Å². The highest BCUT2D eigenvalue weighted by molar-refractivity contribution is 5.80. The fraction of sp³-hybridized carbons (Fsp3) is 0.400. The Morgan fingerprint density at radius 2 is 1.79 bits per heavy atom. The molecular weight excluding hydrogens is 366 g/mol. The quantitative estimate of drug-likeness (QED) is 0.622. The second kappa shape index (κ2) is 10.2. The molecule has 0 saturated heterocycles. The molecule has 1 heterocycles. The maximum atomic E-state index is 12.0. The first kappa shape index (κ1) is 21.1. The molecule has 0 fully saturated rings. The molecule has 0 bridgehead atoms. The van der Waals surface area contributed by atoms with Gasteiger partial charge in [0, 0.05) is 6.42 Å². The molecule has 1 aromatic heterocycles. The number of aryl methyl sites for hydroxylation is 1. The number of furan rings is 1. The summed E-state index contributed by atoms with van der Waals surface area (Å²) in [6.45, 7) is 1.43. The molecule has 1 aromatic carbocycles. The first-order chi connectivity index (χ1) is 13.5. The largest absolute Gasteiger partial charge is 0.493 e. The summed E-state index contributed by atoms with van der Waals surface area (Å²) in [4.78, 5) is 23.8. The Kier molecular flexibility index (Phi) is 7.74. The van der Waals surface area contributed by atoms with Gasteiger partial charge in [0.2, 0.25) is 5.75 Å². The summed E-state index contributed by atoms with van der Waals surface area (Å²) in [6, 6.07) is 6.73. The van der Waals surface area contributed by atoms with Crippen LogP contribution in [-0.2, 0) is 20.7 Å². The van der Waals surface area contributed by atoms with Gasteiger partial charge in [0.25, 0.3) is 5.91 Å². The summed E-state index contributed by atoms with van der Waals surface area (Å²) in [7, 11) is 4.57. The average Bonchev–Trinajstić information content (AvgIpc) is 3.24. The monoisotopic (exact) mass is 391 g/mol. The van der Waals surface area contributed by atoms with Gasteiger partial charge in [0.05, 0.1) is 33.6 Å². The molecule has 0 aliphatic carbocycles. The number of hydrogen-bond acceptors (Lipinski definition) is 7. The molecule has 2 rings (SSSR count). The highest BCUT2D eigenvalue weighted by Crippen LogP contribution is 2.38. The van der Waals surface area contributed by atoms with E-state index in [0.717, 1.165) is 5.56 Å². The Morgan fingerprint density at radius 3 is 2.32 bits per heavy atom. The van der Waals surface area contributed by atoms with Crippen LogP contribution in [0.1, 0.15) is 30.7 Å². The van der Waals surface area contributed by atoms with Gasteiger partial charge in [0.1, 0.15) is 5.76 Å². The molecule has 28 heavy (non-hydrogen) atoms. The van der Waals surface area contributed by atoms with Crippen LogP contribution in [0.15, 0.2) is 34.9 Å². The number of benzene rings is 1. The zero-order chi connectivity index (χ0) is 20.5. The van der Waals surface area contributed by atoms with Crippen molar-refractivity contribution in [3.05, 3.63) is 41.9 Å². The fourth-order valence-corrected chi connectivity index (χ4v) is 2.64. The van der Waals surface area contributed by atoms with E-state index in [1.165, 1.54) is 27.6 Å². The number of carbonyl (C=O) groups excluding carboxylic acids is 2. The van der Waals surface area contributed by atoms with Crippen LogP contribution in [0.4, 0.5) is 0 Å². The Morgan fingerprint density at radius 1 is 1.11 bits per heavy atom. The predicted molar refractivity (Wildman–Crippen MR) is 101 cm³/mol. The van der Waals surface area contributed by atoms with Crippen molar-refractivity contribution in [2.24, 2.45) is 0 Å². The molecular formula is C20H25NO7. The number of carbonyl (C=O) groups is 2. The van der Waals surface area contributed by atoms with Gasteiger partial charge in [0.15, 0.2) is 18.1 Å². The average molecular weight is 391 g/mol. The number of hydrogen-bond donors (Lipinski definition) is 1. The molecule has 152 valence electrons. The summed E-state index contributed by atoms with van der Waals surface area (Å²) in [5.41, 5.74) is 0.822. The van der Waals surface area contributed by atoms with Crippen molar-refractivity contribution in [2.45, 2.75) is 25.8 Å². The summed E-state index contributed by atoms with van der Waals surface area (Å²) < 4.78 is 26.1. The lowest BCUT2D eigenvalue weighted by Gasteiger charge is -2.14. The molecule has 8 heteroatoms. The smallest absolute Gasteiger partial charge is 0.306 e. The van der Waals surface area contributed by atoms with Crippen LogP contribution in [0, 0.1) is 0 Å². The highest BCUT2D eigenvalue weighted by Gasteiger charge is 2.16. The van der Waals surface area contributed by atoms with Gasteiger partial charge in [-0.15, -0.1) is 0 Å². The van der Waals surface area contributed by atoms with Crippen LogP contribution in [0.2, 0.25) is 0 Å². The minimum Gasteiger partial charge on any atom is -0.493 e. The van der Waals surface area contributed by atoms with E-state index >= 15 is 0 Å². The molecule has 0 spiro atoms. The molecule has 0 aliphatic rings. The summed E-state index contributed by atoms with van der Waals surface area (Å²) >= 11 is 0. The normalized spacial score (nSPS) is 11.4. The first-order valence-corrected chi connectivity index (χ1v) is 8.75. The van der Waals surface area contributed by atoms with E-state index in [1.54, 1.807) is 31.2 Å². The second-order valence-electron chi connectivity index (χ2n) is 6.00. The number of ether oxygens (including phenoxy) is 4. The lowest BCUT2D eigenvalue weighted by atomic mass is 10.1. The zero-order valence-corrected chi connectivity index (χ0v) is 16.4. The lowest BCUT2D eigenvalue weighted by molar-refractivity contribution is -0.148. The number of rotatable bonds is 10. The van der Waals surface area contributed by atoms with Gasteiger partial charge in [-0.25, -0.2) is 0 Å². The van der Waals surface area contributed by atoms with Crippen molar-refractivity contribution in [3.63, 3.8) is 0 Å². The van der Waals surface area contributed by atoms with Crippen molar-refractivity contribution < 1.29 is 33.0 Å². The third kappa shape index (κ3) is 5.67. The maximum Gasteiger partial charge on any atom is 0.306 e. The third-order valence-corrected chi connectivity index (χ3v) is 4.05. The van der Waals surface area contributed by atoms with E-state index < -0.39 is 11.9 Å². The first-order valence-electron chi connectivity index (χ1n) is 8.75. The minimum absolute atomic E-state index is 0.111. The molecule has 2 aromatic rings. The van der Waals surface area contributed by atoms with Crippen molar-refractivity contribution in [3.8, 4) is 17.2 Å². The van der Waals surface area contributed by atoms with Crippen LogP contribution in [0.3, 0.4) is 0 Å². The molecule has 1 atom stereocenters. The third-order valence-electron chi connectivity index (χ3n) is 4.05. The van der Waals surface area contributed by atoms with Gasteiger partial charge in [-0.2, -0.15) is 0 Å². The summed E-state index contributed by atoms with van der Waals surface area (Å²) in [6.07, 6.45) is 2.04. The maximum absolute atomic E-state index is 12.0. The van der Waals surface area contributed by atoms with E-state index in [-0.39, 0.29) is 19.1 Å². The Labute approximate surface area is 163 Å². The second-order valence-corrected chi connectivity index (χ2v) is 6.00. The Bertz CT molecular complexity index is 761. The SMILES string of the molecule is COc1cc(CCC(=O)OCC(=O)N[C@@H](C)c2ccco2)cc(OC)c1OC. The topological polar surface area (TPSA) is 96.2 Å². The number of esters is 1. The van der Waals surface area contributed by atoms with Gasteiger partial charge < -0.3 is 28.7 Å². The van der Waals surface area contributed by atoms with Crippen LogP contribution >= 0.6 is 0 Å². The van der Waals surface area contributed by atoms with E-state index in [2.05, 4.69) is 5.32 Å². The lowest BCUT2D eigenvalue weighted by Crippen LogP contribution is -2.31. The van der Waals surface area contributed by atoms with Gasteiger partial charge >= 0.3 is 5.97 Å². The van der Waals surface area contributed by atoms with Gasteiger partial charge in [-0.05, 0) is 43.2 Å². The summed E-state index contributed by atoms with van der Waals surface area (Å²) in [5, 5.41) is 2.70. The van der Waals surface area contributed by atoms with Crippen LogP contribution in [0.5, 0.6) is 17.2 Å². The zero-order valence-electron chi connectivity index (χ0n) is 16.4. The Hall–Kier alpha value is -3.16. The molecule has 0 unspecified atom stereocenters. The van der Waals surface area contributed by atoms with Gasteiger partial charge in [-0.1, -0.05) is 0 Å². The van der Waals surface area contributed by atoms with Crippen molar-refractivity contribution in [2.75, 3.05) is 27.9 Å². The van der Waals surface area contributed by atoms with Crippen LogP contribution in [-0.4, -0.2) is 39.8 Å². The van der Waals surface area contributed by atoms with Crippen molar-refractivity contribution in [1.82, 2.24) is 5.32 Å². The minimum atomic E-state index is -0.477.